The maximum absolute atomic E-state index is 11.5. The normalized spacial score (nSPS) is 20.4. The van der Waals surface area contributed by atoms with Crippen molar-refractivity contribution in [1.82, 2.24) is 0 Å². The van der Waals surface area contributed by atoms with Gasteiger partial charge in [-0.05, 0) is 12.5 Å². The van der Waals surface area contributed by atoms with Crippen LogP contribution in [0.1, 0.15) is 35.4 Å². The minimum Gasteiger partial charge on any atom is -0.504 e. The van der Waals surface area contributed by atoms with Gasteiger partial charge in [0.05, 0.1) is 0 Å². The van der Waals surface area contributed by atoms with Gasteiger partial charge in [0.25, 0.3) is 0 Å². The Morgan fingerprint density at radius 1 is 1.50 bits per heavy atom. The lowest BCUT2D eigenvalue weighted by Gasteiger charge is -2.17. The molecule has 2 unspecified atom stereocenters. The largest absolute Gasteiger partial charge is 0.504 e. The third-order valence-electron chi connectivity index (χ3n) is 2.79. The summed E-state index contributed by atoms with van der Waals surface area (Å²) in [7, 11) is 0. The molecule has 0 radical (unpaired) electrons. The predicted octanol–water partition coefficient (Wildman–Crippen LogP) is 1.05. The van der Waals surface area contributed by atoms with Crippen molar-refractivity contribution < 1.29 is 19.7 Å². The number of rotatable bonds is 2. The Kier molecular flexibility index (Phi) is 2.47. The molecule has 1 aliphatic rings. The number of phenolic OH excluding ortho intramolecular Hbond substituents is 2. The SMILES string of the molecule is CCC(N)C1OC(=O)c2c1ccc(O)c2O. The van der Waals surface area contributed by atoms with Crippen LogP contribution >= 0.6 is 0 Å². The third kappa shape index (κ3) is 1.40. The van der Waals surface area contributed by atoms with E-state index < -0.39 is 17.8 Å². The van der Waals surface area contributed by atoms with Gasteiger partial charge in [-0.2, -0.15) is 0 Å². The lowest BCUT2D eigenvalue weighted by molar-refractivity contribution is 0.0324. The second kappa shape index (κ2) is 3.68. The molecular formula is C11H13NO4. The number of carbonyl (C=O) groups excluding carboxylic acids is 1. The number of nitrogens with two attached hydrogens (primary N) is 1. The lowest BCUT2D eigenvalue weighted by atomic mass is 9.98. The van der Waals surface area contributed by atoms with E-state index in [1.54, 1.807) is 6.07 Å². The first-order chi connectivity index (χ1) is 7.56. The standard InChI is InChI=1S/C11H13NO4/c1-2-6(12)10-5-3-4-7(13)9(14)8(5)11(15)16-10/h3-4,6,10,13-14H,2,12H2,1H3. The monoisotopic (exact) mass is 223 g/mol. The van der Waals surface area contributed by atoms with Crippen molar-refractivity contribution in [2.45, 2.75) is 25.5 Å². The molecule has 1 aliphatic heterocycles. The number of hydrogen-bond donors (Lipinski definition) is 3. The van der Waals surface area contributed by atoms with E-state index in [4.69, 9.17) is 10.5 Å². The third-order valence-corrected chi connectivity index (χ3v) is 2.79. The van der Waals surface area contributed by atoms with Crippen molar-refractivity contribution >= 4 is 5.97 Å². The molecule has 5 heteroatoms. The zero-order valence-corrected chi connectivity index (χ0v) is 8.80. The minimum absolute atomic E-state index is 0.0221. The Hall–Kier alpha value is -1.75. The van der Waals surface area contributed by atoms with Crippen molar-refractivity contribution in [1.29, 1.82) is 0 Å². The molecule has 4 N–H and O–H groups in total. The predicted molar refractivity (Wildman–Crippen MR) is 56.2 cm³/mol. The van der Waals surface area contributed by atoms with E-state index in [1.807, 2.05) is 6.92 Å². The maximum Gasteiger partial charge on any atom is 0.343 e. The number of fused-ring (bicyclic) bond motifs is 1. The zero-order chi connectivity index (χ0) is 11.9. The van der Waals surface area contributed by atoms with Gasteiger partial charge in [-0.25, -0.2) is 4.79 Å². The van der Waals surface area contributed by atoms with E-state index in [-0.39, 0.29) is 17.4 Å². The topological polar surface area (TPSA) is 92.8 Å². The van der Waals surface area contributed by atoms with Gasteiger partial charge in [-0.15, -0.1) is 0 Å². The summed E-state index contributed by atoms with van der Waals surface area (Å²) in [6.45, 7) is 1.89. The average molecular weight is 223 g/mol. The molecule has 1 aromatic carbocycles. The fourth-order valence-electron chi connectivity index (χ4n) is 1.82. The summed E-state index contributed by atoms with van der Waals surface area (Å²) in [6.07, 6.45) is 0.109. The van der Waals surface area contributed by atoms with Gasteiger partial charge in [-0.1, -0.05) is 13.0 Å². The Morgan fingerprint density at radius 2 is 2.19 bits per heavy atom. The first kappa shape index (κ1) is 10.8. The fraction of sp³-hybridized carbons (Fsp3) is 0.364. The Balaban J connectivity index is 2.52. The van der Waals surface area contributed by atoms with E-state index in [0.29, 0.717) is 12.0 Å². The average Bonchev–Trinajstić information content (AvgIpc) is 2.61. The highest BCUT2D eigenvalue weighted by Gasteiger charge is 2.37. The van der Waals surface area contributed by atoms with Gasteiger partial charge >= 0.3 is 5.97 Å². The molecule has 0 saturated heterocycles. The van der Waals surface area contributed by atoms with Crippen LogP contribution in [0, 0.1) is 0 Å². The number of esters is 1. The summed E-state index contributed by atoms with van der Waals surface area (Å²) < 4.78 is 5.09. The molecule has 5 nitrogen and oxygen atoms in total. The Labute approximate surface area is 92.5 Å². The highest BCUT2D eigenvalue weighted by Crippen LogP contribution is 2.41. The zero-order valence-electron chi connectivity index (χ0n) is 8.80. The molecule has 2 atom stereocenters. The minimum atomic E-state index is -0.641. The van der Waals surface area contributed by atoms with Crippen LogP contribution in [0.25, 0.3) is 0 Å². The van der Waals surface area contributed by atoms with Gasteiger partial charge < -0.3 is 20.7 Å². The number of benzene rings is 1. The lowest BCUT2D eigenvalue weighted by Crippen LogP contribution is -2.27. The molecule has 0 amide bonds. The number of ether oxygens (including phenoxy) is 1. The summed E-state index contributed by atoms with van der Waals surface area (Å²) >= 11 is 0. The molecule has 1 heterocycles. The number of hydrogen-bond acceptors (Lipinski definition) is 5. The van der Waals surface area contributed by atoms with Gasteiger partial charge in [0.1, 0.15) is 11.7 Å². The van der Waals surface area contributed by atoms with Gasteiger partial charge in [0.2, 0.25) is 0 Å². The molecule has 0 aromatic heterocycles. The van der Waals surface area contributed by atoms with Crippen LogP contribution in [-0.2, 0) is 4.74 Å². The molecule has 1 aromatic rings. The Morgan fingerprint density at radius 3 is 2.81 bits per heavy atom. The number of aromatic hydroxyl groups is 2. The van der Waals surface area contributed by atoms with Crippen LogP contribution in [0.3, 0.4) is 0 Å². The molecule has 0 fully saturated rings. The van der Waals surface area contributed by atoms with E-state index in [0.717, 1.165) is 0 Å². The van der Waals surface area contributed by atoms with E-state index in [1.165, 1.54) is 6.07 Å². The molecule has 0 bridgehead atoms. The molecule has 16 heavy (non-hydrogen) atoms. The van der Waals surface area contributed by atoms with Gasteiger partial charge in [-0.3, -0.25) is 0 Å². The highest BCUT2D eigenvalue weighted by molar-refractivity contribution is 5.97. The van der Waals surface area contributed by atoms with Crippen LogP contribution in [0.5, 0.6) is 11.5 Å². The van der Waals surface area contributed by atoms with E-state index in [2.05, 4.69) is 0 Å². The smallest absolute Gasteiger partial charge is 0.343 e. The summed E-state index contributed by atoms with van der Waals surface area (Å²) in [4.78, 5) is 11.5. The van der Waals surface area contributed by atoms with Gasteiger partial charge in [0.15, 0.2) is 11.5 Å². The second-order valence-electron chi connectivity index (χ2n) is 3.80. The van der Waals surface area contributed by atoms with E-state index in [9.17, 15) is 15.0 Å². The molecule has 0 spiro atoms. The van der Waals surface area contributed by atoms with Crippen LogP contribution in [0.4, 0.5) is 0 Å². The van der Waals surface area contributed by atoms with Crippen molar-refractivity contribution in [2.75, 3.05) is 0 Å². The summed E-state index contributed by atoms with van der Waals surface area (Å²) in [5.41, 5.74) is 6.38. The van der Waals surface area contributed by atoms with Crippen molar-refractivity contribution in [3.05, 3.63) is 23.3 Å². The summed E-state index contributed by atoms with van der Waals surface area (Å²) in [5.74, 6) is -1.41. The number of phenols is 2. The second-order valence-corrected chi connectivity index (χ2v) is 3.80. The highest BCUT2D eigenvalue weighted by atomic mass is 16.6. The fourth-order valence-corrected chi connectivity index (χ4v) is 1.82. The molecule has 0 aliphatic carbocycles. The van der Waals surface area contributed by atoms with Crippen LogP contribution in [-0.4, -0.2) is 22.2 Å². The van der Waals surface area contributed by atoms with E-state index >= 15 is 0 Å². The van der Waals surface area contributed by atoms with Crippen molar-refractivity contribution in [2.24, 2.45) is 5.73 Å². The summed E-state index contributed by atoms with van der Waals surface area (Å²) in [5, 5.41) is 18.9. The number of cyclic esters (lactones) is 1. The van der Waals surface area contributed by atoms with Crippen LogP contribution in [0.15, 0.2) is 12.1 Å². The molecule has 0 saturated carbocycles. The molecule has 2 rings (SSSR count). The van der Waals surface area contributed by atoms with Crippen molar-refractivity contribution in [3.63, 3.8) is 0 Å². The summed E-state index contributed by atoms with van der Waals surface area (Å²) in [6, 6.07) is 2.56. The molecule has 86 valence electrons. The first-order valence-electron chi connectivity index (χ1n) is 5.07. The van der Waals surface area contributed by atoms with Crippen LogP contribution < -0.4 is 5.73 Å². The van der Waals surface area contributed by atoms with Crippen LogP contribution in [0.2, 0.25) is 0 Å². The number of carbonyl (C=O) groups is 1. The van der Waals surface area contributed by atoms with Crippen molar-refractivity contribution in [3.8, 4) is 11.5 Å². The maximum atomic E-state index is 11.5. The quantitative estimate of drug-likeness (QED) is 0.514. The first-order valence-corrected chi connectivity index (χ1v) is 5.07. The van der Waals surface area contributed by atoms with Gasteiger partial charge in [0, 0.05) is 11.6 Å². The molecular weight excluding hydrogens is 210 g/mol. The Bertz CT molecular complexity index is 444.